The highest BCUT2D eigenvalue weighted by Crippen LogP contribution is 2.19. The van der Waals surface area contributed by atoms with Crippen molar-refractivity contribution in [2.24, 2.45) is 5.73 Å². The number of rotatable bonds is 6. The molecule has 0 amide bonds. The van der Waals surface area contributed by atoms with Crippen molar-refractivity contribution >= 4 is 22.9 Å². The molecular formula is C12H19N3OS. The van der Waals surface area contributed by atoms with Crippen molar-refractivity contribution in [2.45, 2.75) is 20.8 Å². The van der Waals surface area contributed by atoms with Gasteiger partial charge in [-0.15, -0.1) is 0 Å². The second-order valence-corrected chi connectivity index (χ2v) is 4.20. The van der Waals surface area contributed by atoms with E-state index >= 15 is 0 Å². The first-order chi connectivity index (χ1) is 8.06. The Morgan fingerprint density at radius 3 is 2.82 bits per heavy atom. The zero-order valence-corrected chi connectivity index (χ0v) is 11.4. The Balaban J connectivity index is 2.85. The Morgan fingerprint density at radius 1 is 1.53 bits per heavy atom. The molecule has 1 heterocycles. The third-order valence-electron chi connectivity index (χ3n) is 2.34. The molecule has 0 atom stereocenters. The fourth-order valence-corrected chi connectivity index (χ4v) is 1.94. The molecule has 5 heteroatoms. The molecule has 0 fully saturated rings. The minimum atomic E-state index is 0.369. The summed E-state index contributed by atoms with van der Waals surface area (Å²) in [6, 6.07) is 1.95. The van der Waals surface area contributed by atoms with E-state index in [2.05, 4.69) is 10.3 Å². The maximum absolute atomic E-state index is 5.72. The molecular weight excluding hydrogens is 234 g/mol. The van der Waals surface area contributed by atoms with Gasteiger partial charge in [0.25, 0.3) is 0 Å². The lowest BCUT2D eigenvalue weighted by Gasteiger charge is -2.14. The van der Waals surface area contributed by atoms with Crippen LogP contribution in [0.5, 0.6) is 0 Å². The molecule has 0 saturated carbocycles. The highest BCUT2D eigenvalue weighted by molar-refractivity contribution is 7.80. The van der Waals surface area contributed by atoms with Crippen molar-refractivity contribution in [3.63, 3.8) is 0 Å². The van der Waals surface area contributed by atoms with Crippen LogP contribution in [-0.2, 0) is 4.74 Å². The highest BCUT2D eigenvalue weighted by atomic mass is 32.1. The number of hydrogen-bond acceptors (Lipinski definition) is 4. The van der Waals surface area contributed by atoms with Gasteiger partial charge in [-0.1, -0.05) is 12.2 Å². The third-order valence-corrected chi connectivity index (χ3v) is 2.54. The van der Waals surface area contributed by atoms with Gasteiger partial charge in [-0.25, -0.2) is 0 Å². The van der Waals surface area contributed by atoms with E-state index in [1.807, 2.05) is 26.8 Å². The summed E-state index contributed by atoms with van der Waals surface area (Å²) in [5.41, 5.74) is 9.27. The van der Waals surface area contributed by atoms with Crippen LogP contribution < -0.4 is 11.1 Å². The number of nitrogens with zero attached hydrogens (tertiary/aromatic N) is 1. The number of anilines is 1. The fourth-order valence-electron chi connectivity index (χ4n) is 1.68. The van der Waals surface area contributed by atoms with E-state index in [0.717, 1.165) is 35.8 Å². The maximum atomic E-state index is 5.72. The quantitative estimate of drug-likeness (QED) is 0.598. The molecule has 4 nitrogen and oxygen atoms in total. The number of nitrogens with one attached hydrogen (secondary N) is 1. The van der Waals surface area contributed by atoms with Crippen molar-refractivity contribution < 1.29 is 4.74 Å². The summed E-state index contributed by atoms with van der Waals surface area (Å²) in [5.74, 6) is 0. The molecule has 0 spiro atoms. The molecule has 1 rings (SSSR count). The standard InChI is InChI=1S/C12H19N3OS/c1-4-16-6-5-14-10-7-8(2)15-9(3)11(10)12(13)17/h7H,4-6H2,1-3H3,(H2,13,17)(H,14,15). The molecule has 94 valence electrons. The first kappa shape index (κ1) is 13.9. The van der Waals surface area contributed by atoms with Crippen molar-refractivity contribution in [1.29, 1.82) is 0 Å². The molecule has 1 aromatic rings. The van der Waals surface area contributed by atoms with Gasteiger partial charge in [0, 0.05) is 30.2 Å². The van der Waals surface area contributed by atoms with Gasteiger partial charge in [0.15, 0.2) is 0 Å². The molecule has 1 aromatic heterocycles. The van der Waals surface area contributed by atoms with Gasteiger partial charge >= 0.3 is 0 Å². The first-order valence-electron chi connectivity index (χ1n) is 5.66. The summed E-state index contributed by atoms with van der Waals surface area (Å²) in [7, 11) is 0. The molecule has 0 saturated heterocycles. The summed E-state index contributed by atoms with van der Waals surface area (Å²) >= 11 is 5.05. The third kappa shape index (κ3) is 3.94. The normalized spacial score (nSPS) is 10.3. The molecule has 0 aliphatic rings. The summed E-state index contributed by atoms with van der Waals surface area (Å²) < 4.78 is 5.27. The highest BCUT2D eigenvalue weighted by Gasteiger charge is 2.10. The van der Waals surface area contributed by atoms with Gasteiger partial charge in [0.2, 0.25) is 0 Å². The number of aromatic nitrogens is 1. The van der Waals surface area contributed by atoms with E-state index in [0.29, 0.717) is 11.6 Å². The molecule has 17 heavy (non-hydrogen) atoms. The van der Waals surface area contributed by atoms with Crippen LogP contribution in [0.4, 0.5) is 5.69 Å². The van der Waals surface area contributed by atoms with Crippen LogP contribution in [0.1, 0.15) is 23.9 Å². The lowest BCUT2D eigenvalue weighted by Crippen LogP contribution is -2.18. The maximum Gasteiger partial charge on any atom is 0.107 e. The molecule has 0 unspecified atom stereocenters. The zero-order valence-electron chi connectivity index (χ0n) is 10.5. The van der Waals surface area contributed by atoms with Crippen molar-refractivity contribution in [3.05, 3.63) is 23.0 Å². The summed E-state index contributed by atoms with van der Waals surface area (Å²) in [4.78, 5) is 4.73. The zero-order chi connectivity index (χ0) is 12.8. The van der Waals surface area contributed by atoms with Crippen LogP contribution in [0.15, 0.2) is 6.07 Å². The van der Waals surface area contributed by atoms with Crippen molar-refractivity contribution in [2.75, 3.05) is 25.1 Å². The van der Waals surface area contributed by atoms with Gasteiger partial charge in [-0.2, -0.15) is 0 Å². The lowest BCUT2D eigenvalue weighted by atomic mass is 10.1. The molecule has 0 bridgehead atoms. The number of hydrogen-bond donors (Lipinski definition) is 2. The molecule has 0 aliphatic carbocycles. The average molecular weight is 253 g/mol. The van der Waals surface area contributed by atoms with E-state index in [9.17, 15) is 0 Å². The minimum absolute atomic E-state index is 0.369. The Hall–Kier alpha value is -1.20. The molecule has 3 N–H and O–H groups in total. The predicted octanol–water partition coefficient (Wildman–Crippen LogP) is 1.78. The SMILES string of the molecule is CCOCCNc1cc(C)nc(C)c1C(N)=S. The smallest absolute Gasteiger partial charge is 0.107 e. The van der Waals surface area contributed by atoms with E-state index in [1.165, 1.54) is 0 Å². The second kappa shape index (κ2) is 6.51. The van der Waals surface area contributed by atoms with Crippen LogP contribution in [0.2, 0.25) is 0 Å². The van der Waals surface area contributed by atoms with Gasteiger partial charge < -0.3 is 15.8 Å². The Kier molecular flexibility index (Phi) is 5.31. The summed E-state index contributed by atoms with van der Waals surface area (Å²) in [5, 5.41) is 3.28. The second-order valence-electron chi connectivity index (χ2n) is 3.76. The Labute approximate surface area is 108 Å². The van der Waals surface area contributed by atoms with Crippen molar-refractivity contribution in [3.8, 4) is 0 Å². The topological polar surface area (TPSA) is 60.2 Å². The van der Waals surface area contributed by atoms with E-state index in [4.69, 9.17) is 22.7 Å². The Morgan fingerprint density at radius 2 is 2.24 bits per heavy atom. The predicted molar refractivity (Wildman–Crippen MR) is 74.6 cm³/mol. The van der Waals surface area contributed by atoms with Gasteiger partial charge in [-0.3, -0.25) is 4.98 Å². The number of nitrogens with two attached hydrogens (primary N) is 1. The van der Waals surface area contributed by atoms with Gasteiger partial charge in [-0.05, 0) is 26.8 Å². The van der Waals surface area contributed by atoms with Crippen LogP contribution >= 0.6 is 12.2 Å². The largest absolute Gasteiger partial charge is 0.389 e. The number of thiocarbonyl (C=S) groups is 1. The monoisotopic (exact) mass is 253 g/mol. The lowest BCUT2D eigenvalue weighted by molar-refractivity contribution is 0.158. The number of aryl methyl sites for hydroxylation is 2. The fraction of sp³-hybridized carbons (Fsp3) is 0.500. The summed E-state index contributed by atoms with van der Waals surface area (Å²) in [6.07, 6.45) is 0. The molecule has 0 aromatic carbocycles. The van der Waals surface area contributed by atoms with E-state index < -0.39 is 0 Å². The van der Waals surface area contributed by atoms with Crippen LogP contribution in [0, 0.1) is 13.8 Å². The van der Waals surface area contributed by atoms with E-state index in [1.54, 1.807) is 0 Å². The van der Waals surface area contributed by atoms with Crippen LogP contribution in [-0.4, -0.2) is 29.7 Å². The van der Waals surface area contributed by atoms with Gasteiger partial charge in [0.05, 0.1) is 12.2 Å². The van der Waals surface area contributed by atoms with Crippen LogP contribution in [0.25, 0.3) is 0 Å². The first-order valence-corrected chi connectivity index (χ1v) is 6.06. The minimum Gasteiger partial charge on any atom is -0.389 e. The van der Waals surface area contributed by atoms with Gasteiger partial charge in [0.1, 0.15) is 4.99 Å². The molecule has 0 aliphatic heterocycles. The van der Waals surface area contributed by atoms with E-state index in [-0.39, 0.29) is 0 Å². The average Bonchev–Trinajstić information content (AvgIpc) is 2.22. The van der Waals surface area contributed by atoms with Crippen LogP contribution in [0.3, 0.4) is 0 Å². The van der Waals surface area contributed by atoms with Crippen molar-refractivity contribution in [1.82, 2.24) is 4.98 Å². The number of pyridine rings is 1. The molecule has 0 radical (unpaired) electrons. The Bertz CT molecular complexity index is 407. The number of ether oxygens (including phenoxy) is 1. The summed E-state index contributed by atoms with van der Waals surface area (Å²) in [6.45, 7) is 7.94.